The number of benzene rings is 7. The fourth-order valence-electron chi connectivity index (χ4n) is 7.38. The van der Waals surface area contributed by atoms with Crippen LogP contribution in [0.15, 0.2) is 156 Å². The molecule has 1 heterocycles. The van der Waals surface area contributed by atoms with Crippen LogP contribution in [-0.4, -0.2) is 0 Å². The Bertz CT molecular complexity index is 2360. The Morgan fingerprint density at radius 1 is 0.457 bits per heavy atom. The van der Waals surface area contributed by atoms with Crippen LogP contribution in [0, 0.1) is 0 Å². The van der Waals surface area contributed by atoms with Crippen molar-refractivity contribution in [3.63, 3.8) is 0 Å². The molecule has 0 N–H and O–H groups in total. The SMILES string of the molecule is c1cc2c(c(-c3ccc(N(c4ccc(-c5ccc6c(c5)oc5ccccc56)cc4)c4cccc5ccccc45)cc3)c1)CCCC2. The summed E-state index contributed by atoms with van der Waals surface area (Å²) in [5.41, 5.74) is 13.3. The molecule has 9 rings (SSSR count). The van der Waals surface area contributed by atoms with Gasteiger partial charge in [0.25, 0.3) is 0 Å². The van der Waals surface area contributed by atoms with E-state index < -0.39 is 0 Å². The predicted octanol–water partition coefficient (Wildman–Crippen LogP) is 12.4. The Balaban J connectivity index is 1.12. The average Bonchev–Trinajstić information content (AvgIpc) is 3.50. The van der Waals surface area contributed by atoms with Gasteiger partial charge in [-0.3, -0.25) is 0 Å². The minimum absolute atomic E-state index is 0.917. The van der Waals surface area contributed by atoms with Crippen LogP contribution in [-0.2, 0) is 12.8 Å². The van der Waals surface area contributed by atoms with Crippen LogP contribution in [0.5, 0.6) is 0 Å². The Hall–Kier alpha value is -5.60. The van der Waals surface area contributed by atoms with E-state index in [4.69, 9.17) is 4.42 Å². The molecule has 0 saturated heterocycles. The van der Waals surface area contributed by atoms with Crippen LogP contribution < -0.4 is 4.90 Å². The van der Waals surface area contributed by atoms with Crippen molar-refractivity contribution in [3.05, 3.63) is 163 Å². The topological polar surface area (TPSA) is 16.4 Å². The fourth-order valence-corrected chi connectivity index (χ4v) is 7.38. The second kappa shape index (κ2) is 11.1. The van der Waals surface area contributed by atoms with E-state index in [1.807, 2.05) is 12.1 Å². The van der Waals surface area contributed by atoms with Gasteiger partial charge in [-0.2, -0.15) is 0 Å². The van der Waals surface area contributed by atoms with Crippen molar-refractivity contribution < 1.29 is 4.42 Å². The van der Waals surface area contributed by atoms with Gasteiger partial charge in [0.05, 0.1) is 5.69 Å². The van der Waals surface area contributed by atoms with Crippen LogP contribution in [0.25, 0.3) is 55.0 Å². The van der Waals surface area contributed by atoms with Crippen molar-refractivity contribution in [1.29, 1.82) is 0 Å². The number of fused-ring (bicyclic) bond motifs is 5. The van der Waals surface area contributed by atoms with Crippen LogP contribution in [0.2, 0.25) is 0 Å². The van der Waals surface area contributed by atoms with Crippen molar-refractivity contribution in [2.75, 3.05) is 4.90 Å². The Labute approximate surface area is 269 Å². The van der Waals surface area contributed by atoms with Gasteiger partial charge in [-0.1, -0.05) is 103 Å². The number of anilines is 3. The Morgan fingerprint density at radius 2 is 1.11 bits per heavy atom. The summed E-state index contributed by atoms with van der Waals surface area (Å²) in [5.74, 6) is 0. The summed E-state index contributed by atoms with van der Waals surface area (Å²) >= 11 is 0. The van der Waals surface area contributed by atoms with Crippen LogP contribution in [0.4, 0.5) is 17.1 Å². The van der Waals surface area contributed by atoms with Gasteiger partial charge < -0.3 is 9.32 Å². The molecule has 1 aromatic heterocycles. The zero-order chi connectivity index (χ0) is 30.5. The number of furan rings is 1. The molecule has 0 saturated carbocycles. The third-order valence-electron chi connectivity index (χ3n) is 9.68. The summed E-state index contributed by atoms with van der Waals surface area (Å²) in [5, 5.41) is 4.76. The minimum atomic E-state index is 0.917. The number of aryl methyl sites for hydroxylation is 1. The summed E-state index contributed by atoms with van der Waals surface area (Å²) in [7, 11) is 0. The summed E-state index contributed by atoms with van der Waals surface area (Å²) < 4.78 is 6.20. The van der Waals surface area contributed by atoms with Gasteiger partial charge in [-0.25, -0.2) is 0 Å². The first-order valence-corrected chi connectivity index (χ1v) is 16.3. The summed E-state index contributed by atoms with van der Waals surface area (Å²) in [4.78, 5) is 2.39. The number of nitrogens with zero attached hydrogens (tertiary/aromatic N) is 1. The highest BCUT2D eigenvalue weighted by Crippen LogP contribution is 2.41. The standard InChI is InChI=1S/C44H33NO/c1-3-13-37-31(9-1)11-7-16-38(37)33-21-26-36(27-22-33)45(42-17-8-12-32-10-2-4-14-39(32)42)35-24-19-30(20-25-35)34-23-28-41-40-15-5-6-18-43(40)46-44(41)29-34/h2,4-8,10-12,14-29H,1,3,9,13H2. The third-order valence-corrected chi connectivity index (χ3v) is 9.68. The lowest BCUT2D eigenvalue weighted by Crippen LogP contribution is -2.10. The first-order valence-electron chi connectivity index (χ1n) is 16.3. The largest absolute Gasteiger partial charge is 0.456 e. The zero-order valence-electron chi connectivity index (χ0n) is 25.6. The fraction of sp³-hybridized carbons (Fsp3) is 0.0909. The lowest BCUT2D eigenvalue weighted by atomic mass is 9.86. The van der Waals surface area contributed by atoms with Crippen LogP contribution in [0.3, 0.4) is 0 Å². The van der Waals surface area contributed by atoms with Gasteiger partial charge in [0.1, 0.15) is 11.2 Å². The van der Waals surface area contributed by atoms with Gasteiger partial charge >= 0.3 is 0 Å². The Kier molecular flexibility index (Phi) is 6.45. The van der Waals surface area contributed by atoms with Crippen molar-refractivity contribution in [3.8, 4) is 22.3 Å². The average molecular weight is 592 g/mol. The number of hydrogen-bond acceptors (Lipinski definition) is 2. The highest BCUT2D eigenvalue weighted by Gasteiger charge is 2.18. The molecule has 2 heteroatoms. The second-order valence-corrected chi connectivity index (χ2v) is 12.4. The molecule has 0 radical (unpaired) electrons. The smallest absolute Gasteiger partial charge is 0.136 e. The normalized spacial score (nSPS) is 12.9. The number of rotatable bonds is 5. The van der Waals surface area contributed by atoms with Crippen molar-refractivity contribution in [1.82, 2.24) is 0 Å². The van der Waals surface area contributed by atoms with E-state index in [9.17, 15) is 0 Å². The predicted molar refractivity (Wildman–Crippen MR) is 193 cm³/mol. The van der Waals surface area contributed by atoms with Crippen molar-refractivity contribution in [2.24, 2.45) is 0 Å². The molecule has 2 nitrogen and oxygen atoms in total. The highest BCUT2D eigenvalue weighted by molar-refractivity contribution is 6.06. The van der Waals surface area contributed by atoms with E-state index in [-0.39, 0.29) is 0 Å². The van der Waals surface area contributed by atoms with E-state index in [1.54, 1.807) is 0 Å². The lowest BCUT2D eigenvalue weighted by molar-refractivity contribution is 0.669. The molecule has 0 spiro atoms. The highest BCUT2D eigenvalue weighted by atomic mass is 16.3. The monoisotopic (exact) mass is 591 g/mol. The summed E-state index contributed by atoms with van der Waals surface area (Å²) in [6.45, 7) is 0. The third kappa shape index (κ3) is 4.57. The van der Waals surface area contributed by atoms with Gasteiger partial charge in [0.2, 0.25) is 0 Å². The maximum absolute atomic E-state index is 6.20. The second-order valence-electron chi connectivity index (χ2n) is 12.4. The zero-order valence-corrected chi connectivity index (χ0v) is 25.6. The van der Waals surface area contributed by atoms with Crippen LogP contribution in [0.1, 0.15) is 24.0 Å². The number of para-hydroxylation sites is 1. The molecule has 1 aliphatic carbocycles. The molecular formula is C44H33NO. The van der Waals surface area contributed by atoms with Crippen LogP contribution >= 0.6 is 0 Å². The van der Waals surface area contributed by atoms with Gasteiger partial charge in [0, 0.05) is 27.5 Å². The molecule has 220 valence electrons. The van der Waals surface area contributed by atoms with Gasteiger partial charge in [-0.15, -0.1) is 0 Å². The Morgan fingerprint density at radius 3 is 1.96 bits per heavy atom. The first-order chi connectivity index (χ1) is 22.8. The molecule has 8 aromatic rings. The van der Waals surface area contributed by atoms with Crippen molar-refractivity contribution in [2.45, 2.75) is 25.7 Å². The number of hydrogen-bond donors (Lipinski definition) is 0. The van der Waals surface area contributed by atoms with Gasteiger partial charge in [-0.05, 0) is 113 Å². The maximum atomic E-state index is 6.20. The molecule has 0 aliphatic heterocycles. The van der Waals surface area contributed by atoms with Crippen molar-refractivity contribution >= 4 is 49.8 Å². The molecular weight excluding hydrogens is 558 g/mol. The molecule has 1 aliphatic rings. The lowest BCUT2D eigenvalue weighted by Gasteiger charge is -2.27. The van der Waals surface area contributed by atoms with E-state index >= 15 is 0 Å². The van der Waals surface area contributed by atoms with E-state index in [1.165, 1.54) is 64.4 Å². The molecule has 46 heavy (non-hydrogen) atoms. The van der Waals surface area contributed by atoms with E-state index in [0.29, 0.717) is 0 Å². The molecule has 0 bridgehead atoms. The summed E-state index contributed by atoms with van der Waals surface area (Å²) in [6, 6.07) is 54.9. The quantitative estimate of drug-likeness (QED) is 0.198. The van der Waals surface area contributed by atoms with Gasteiger partial charge in [0.15, 0.2) is 0 Å². The maximum Gasteiger partial charge on any atom is 0.136 e. The molecule has 0 atom stereocenters. The van der Waals surface area contributed by atoms with E-state index in [0.717, 1.165) is 44.4 Å². The molecule has 0 amide bonds. The summed E-state index contributed by atoms with van der Waals surface area (Å²) in [6.07, 6.45) is 4.94. The minimum Gasteiger partial charge on any atom is -0.456 e. The molecule has 0 fully saturated rings. The first kappa shape index (κ1) is 26.8. The van der Waals surface area contributed by atoms with E-state index in [2.05, 4.69) is 144 Å². The molecule has 7 aromatic carbocycles. The molecule has 0 unspecified atom stereocenters.